The Morgan fingerprint density at radius 3 is 2.45 bits per heavy atom. The van der Waals surface area contributed by atoms with E-state index in [1.165, 1.54) is 0 Å². The van der Waals surface area contributed by atoms with E-state index in [1.54, 1.807) is 0 Å². The third-order valence-electron chi connectivity index (χ3n) is 4.38. The second kappa shape index (κ2) is 5.67. The lowest BCUT2D eigenvalue weighted by Gasteiger charge is -2.36. The van der Waals surface area contributed by atoms with Gasteiger partial charge in [-0.25, -0.2) is 0 Å². The van der Waals surface area contributed by atoms with Crippen molar-refractivity contribution in [2.45, 2.75) is 76.4 Å². The van der Waals surface area contributed by atoms with E-state index in [2.05, 4.69) is 5.32 Å². The standard InChI is InChI=1S/C15H25F3N2O2/c1-13(2)8-11(14(3,4)22-13)19-10-6-5-7-20(12(10)21)9-15(16,17)18/h10-11,19H,5-9H2,1-4H3/t10-,11+/m1/s1. The lowest BCUT2D eigenvalue weighted by atomic mass is 9.92. The number of hydrogen-bond acceptors (Lipinski definition) is 3. The summed E-state index contributed by atoms with van der Waals surface area (Å²) in [5.74, 6) is -0.455. The number of ether oxygens (including phenoxy) is 1. The monoisotopic (exact) mass is 322 g/mol. The smallest absolute Gasteiger partial charge is 0.368 e. The van der Waals surface area contributed by atoms with Crippen molar-refractivity contribution in [2.75, 3.05) is 13.1 Å². The zero-order chi connectivity index (χ0) is 16.8. The Morgan fingerprint density at radius 1 is 1.32 bits per heavy atom. The summed E-state index contributed by atoms with van der Waals surface area (Å²) in [6, 6.07) is -0.611. The van der Waals surface area contributed by atoms with Crippen molar-refractivity contribution < 1.29 is 22.7 Å². The molecular weight excluding hydrogens is 297 g/mol. The van der Waals surface area contributed by atoms with Crippen LogP contribution in [0.5, 0.6) is 0 Å². The van der Waals surface area contributed by atoms with Gasteiger partial charge in [0.25, 0.3) is 0 Å². The highest BCUT2D eigenvalue weighted by atomic mass is 19.4. The van der Waals surface area contributed by atoms with Crippen LogP contribution in [0.3, 0.4) is 0 Å². The van der Waals surface area contributed by atoms with Crippen molar-refractivity contribution >= 4 is 5.91 Å². The molecule has 128 valence electrons. The van der Waals surface area contributed by atoms with E-state index < -0.39 is 30.3 Å². The van der Waals surface area contributed by atoms with Crippen LogP contribution in [-0.2, 0) is 9.53 Å². The van der Waals surface area contributed by atoms with E-state index in [4.69, 9.17) is 4.74 Å². The Hall–Kier alpha value is -0.820. The summed E-state index contributed by atoms with van der Waals surface area (Å²) in [6.45, 7) is 6.86. The summed E-state index contributed by atoms with van der Waals surface area (Å²) < 4.78 is 43.6. The van der Waals surface area contributed by atoms with E-state index >= 15 is 0 Å². The Kier molecular flexibility index (Phi) is 4.52. The molecule has 4 nitrogen and oxygen atoms in total. The predicted octanol–water partition coefficient (Wildman–Crippen LogP) is 2.48. The van der Waals surface area contributed by atoms with Crippen molar-refractivity contribution in [1.29, 1.82) is 0 Å². The number of carbonyl (C=O) groups excluding carboxylic acids is 1. The molecule has 0 spiro atoms. The summed E-state index contributed by atoms with van der Waals surface area (Å²) in [5.41, 5.74) is -0.749. The number of amides is 1. The van der Waals surface area contributed by atoms with Gasteiger partial charge in [0.2, 0.25) is 5.91 Å². The second-order valence-corrected chi connectivity index (χ2v) is 7.46. The van der Waals surface area contributed by atoms with Crippen LogP contribution in [0.4, 0.5) is 13.2 Å². The van der Waals surface area contributed by atoms with Crippen molar-refractivity contribution in [3.8, 4) is 0 Å². The maximum Gasteiger partial charge on any atom is 0.406 e. The zero-order valence-corrected chi connectivity index (χ0v) is 13.6. The van der Waals surface area contributed by atoms with Crippen molar-refractivity contribution in [2.24, 2.45) is 0 Å². The highest BCUT2D eigenvalue weighted by molar-refractivity contribution is 5.82. The fourth-order valence-electron chi connectivity index (χ4n) is 3.53. The maximum atomic E-state index is 12.5. The SMILES string of the molecule is CC1(C)C[C@H](N[C@@H]2CCCN(CC(F)(F)F)C2=O)C(C)(C)O1. The van der Waals surface area contributed by atoms with Gasteiger partial charge in [0.1, 0.15) is 6.54 Å². The van der Waals surface area contributed by atoms with Crippen LogP contribution >= 0.6 is 0 Å². The molecule has 2 heterocycles. The summed E-state index contributed by atoms with van der Waals surface area (Å²) in [7, 11) is 0. The molecule has 1 N–H and O–H groups in total. The van der Waals surface area contributed by atoms with Crippen LogP contribution in [0.2, 0.25) is 0 Å². The first-order chi connectivity index (χ1) is 9.90. The van der Waals surface area contributed by atoms with Gasteiger partial charge in [-0.3, -0.25) is 4.79 Å². The first-order valence-electron chi connectivity index (χ1n) is 7.71. The molecule has 2 fully saturated rings. The molecule has 0 bridgehead atoms. The molecule has 0 unspecified atom stereocenters. The summed E-state index contributed by atoms with van der Waals surface area (Å²) in [5, 5.41) is 3.25. The lowest BCUT2D eigenvalue weighted by molar-refractivity contribution is -0.165. The quantitative estimate of drug-likeness (QED) is 0.868. The number of rotatable bonds is 3. The minimum absolute atomic E-state index is 0.0534. The molecule has 0 saturated carbocycles. The molecule has 0 aromatic rings. The molecule has 1 amide bonds. The maximum absolute atomic E-state index is 12.5. The number of nitrogens with one attached hydrogen (secondary N) is 1. The number of piperidine rings is 1. The van der Waals surface area contributed by atoms with E-state index in [0.29, 0.717) is 12.8 Å². The van der Waals surface area contributed by atoms with Gasteiger partial charge in [0, 0.05) is 12.6 Å². The summed E-state index contributed by atoms with van der Waals surface area (Å²) in [4.78, 5) is 13.2. The first-order valence-corrected chi connectivity index (χ1v) is 7.71. The van der Waals surface area contributed by atoms with Gasteiger partial charge in [-0.05, 0) is 47.0 Å². The van der Waals surface area contributed by atoms with Crippen LogP contribution in [0.15, 0.2) is 0 Å². The number of carbonyl (C=O) groups is 1. The summed E-state index contributed by atoms with van der Waals surface area (Å²) >= 11 is 0. The molecular formula is C15H25F3N2O2. The number of nitrogens with zero attached hydrogens (tertiary/aromatic N) is 1. The van der Waals surface area contributed by atoms with Crippen LogP contribution < -0.4 is 5.32 Å². The molecule has 2 rings (SSSR count). The second-order valence-electron chi connectivity index (χ2n) is 7.46. The topological polar surface area (TPSA) is 41.6 Å². The predicted molar refractivity (Wildman–Crippen MR) is 76.4 cm³/mol. The van der Waals surface area contributed by atoms with E-state index in [-0.39, 0.29) is 18.2 Å². The lowest BCUT2D eigenvalue weighted by Crippen LogP contribution is -2.57. The van der Waals surface area contributed by atoms with Gasteiger partial charge in [-0.15, -0.1) is 0 Å². The largest absolute Gasteiger partial charge is 0.406 e. The number of halogens is 3. The fourth-order valence-corrected chi connectivity index (χ4v) is 3.53. The molecule has 0 radical (unpaired) electrons. The Balaban J connectivity index is 2.02. The van der Waals surface area contributed by atoms with E-state index in [0.717, 1.165) is 11.3 Å². The molecule has 0 aromatic carbocycles. The molecule has 2 atom stereocenters. The number of likely N-dealkylation sites (tertiary alicyclic amines) is 1. The minimum Gasteiger partial charge on any atom is -0.368 e. The minimum atomic E-state index is -4.35. The van der Waals surface area contributed by atoms with E-state index in [1.807, 2.05) is 27.7 Å². The van der Waals surface area contributed by atoms with Gasteiger partial charge in [-0.2, -0.15) is 13.2 Å². The number of hydrogen-bond donors (Lipinski definition) is 1. The molecule has 2 aliphatic heterocycles. The average molecular weight is 322 g/mol. The first kappa shape index (κ1) is 17.5. The van der Waals surface area contributed by atoms with Gasteiger partial charge in [0.05, 0.1) is 17.2 Å². The highest BCUT2D eigenvalue weighted by Crippen LogP contribution is 2.37. The van der Waals surface area contributed by atoms with Crippen LogP contribution in [0.25, 0.3) is 0 Å². The molecule has 2 saturated heterocycles. The van der Waals surface area contributed by atoms with Gasteiger partial charge in [-0.1, -0.05) is 0 Å². The third-order valence-corrected chi connectivity index (χ3v) is 4.38. The van der Waals surface area contributed by atoms with Gasteiger partial charge < -0.3 is 15.0 Å². The molecule has 2 aliphatic rings. The van der Waals surface area contributed by atoms with Gasteiger partial charge in [0.15, 0.2) is 0 Å². The fraction of sp³-hybridized carbons (Fsp3) is 0.933. The van der Waals surface area contributed by atoms with Crippen LogP contribution in [0, 0.1) is 0 Å². The zero-order valence-electron chi connectivity index (χ0n) is 13.6. The Morgan fingerprint density at radius 2 is 1.95 bits per heavy atom. The Bertz CT molecular complexity index is 435. The van der Waals surface area contributed by atoms with Gasteiger partial charge >= 0.3 is 6.18 Å². The Labute approximate surface area is 129 Å². The number of alkyl halides is 3. The van der Waals surface area contributed by atoms with Crippen molar-refractivity contribution in [1.82, 2.24) is 10.2 Å². The van der Waals surface area contributed by atoms with Crippen LogP contribution in [0.1, 0.15) is 47.0 Å². The average Bonchev–Trinajstić information content (AvgIpc) is 2.50. The van der Waals surface area contributed by atoms with Crippen molar-refractivity contribution in [3.05, 3.63) is 0 Å². The molecule has 22 heavy (non-hydrogen) atoms. The molecule has 0 aromatic heterocycles. The normalized spacial score (nSPS) is 31.6. The summed E-state index contributed by atoms with van der Waals surface area (Å²) in [6.07, 6.45) is -2.48. The van der Waals surface area contributed by atoms with E-state index in [9.17, 15) is 18.0 Å². The molecule has 0 aliphatic carbocycles. The third kappa shape index (κ3) is 4.13. The highest BCUT2D eigenvalue weighted by Gasteiger charge is 2.47. The van der Waals surface area contributed by atoms with Crippen molar-refractivity contribution in [3.63, 3.8) is 0 Å². The van der Waals surface area contributed by atoms with Crippen LogP contribution in [-0.4, -0.2) is 53.4 Å². The molecule has 7 heteroatoms.